The predicted octanol–water partition coefficient (Wildman–Crippen LogP) is 1.94. The molecule has 1 heterocycles. The van der Waals surface area contributed by atoms with E-state index in [0.717, 1.165) is 37.6 Å². The van der Waals surface area contributed by atoms with Gasteiger partial charge in [-0.15, -0.1) is 0 Å². The molecular weight excluding hydrogens is 252 g/mol. The SMILES string of the molecule is CCCNC1COCC1C(=O)NC1CC(C)CC(C)C1. The smallest absolute Gasteiger partial charge is 0.227 e. The van der Waals surface area contributed by atoms with Crippen LogP contribution in [-0.2, 0) is 9.53 Å². The Kier molecular flexibility index (Phi) is 5.85. The molecule has 2 aliphatic rings. The lowest BCUT2D eigenvalue weighted by atomic mass is 9.80. The van der Waals surface area contributed by atoms with Crippen molar-refractivity contribution in [2.24, 2.45) is 17.8 Å². The summed E-state index contributed by atoms with van der Waals surface area (Å²) < 4.78 is 5.50. The van der Waals surface area contributed by atoms with Crippen molar-refractivity contribution in [3.05, 3.63) is 0 Å². The predicted molar refractivity (Wildman–Crippen MR) is 80.5 cm³/mol. The molecule has 0 bridgehead atoms. The Labute approximate surface area is 123 Å². The molecule has 0 aromatic heterocycles. The highest BCUT2D eigenvalue weighted by Gasteiger charge is 2.35. The number of rotatable bonds is 5. The van der Waals surface area contributed by atoms with Crippen LogP contribution >= 0.6 is 0 Å². The first kappa shape index (κ1) is 15.8. The molecule has 2 rings (SSSR count). The van der Waals surface area contributed by atoms with Crippen molar-refractivity contribution in [3.63, 3.8) is 0 Å². The van der Waals surface area contributed by atoms with Crippen LogP contribution in [0.5, 0.6) is 0 Å². The van der Waals surface area contributed by atoms with E-state index in [1.54, 1.807) is 0 Å². The lowest BCUT2D eigenvalue weighted by Crippen LogP contribution is -2.48. The molecule has 1 saturated heterocycles. The highest BCUT2D eigenvalue weighted by atomic mass is 16.5. The van der Waals surface area contributed by atoms with Crippen LogP contribution < -0.4 is 10.6 Å². The van der Waals surface area contributed by atoms with Gasteiger partial charge in [-0.3, -0.25) is 4.79 Å². The van der Waals surface area contributed by atoms with Crippen LogP contribution in [0.1, 0.15) is 46.5 Å². The number of hydrogen-bond acceptors (Lipinski definition) is 3. The second kappa shape index (κ2) is 7.41. The average Bonchev–Trinajstić information content (AvgIpc) is 2.83. The molecule has 20 heavy (non-hydrogen) atoms. The van der Waals surface area contributed by atoms with E-state index in [1.807, 2.05) is 0 Å². The normalized spacial score (nSPS) is 37.9. The van der Waals surface area contributed by atoms with Gasteiger partial charge < -0.3 is 15.4 Å². The van der Waals surface area contributed by atoms with Crippen molar-refractivity contribution < 1.29 is 9.53 Å². The highest BCUT2D eigenvalue weighted by Crippen LogP contribution is 2.29. The third kappa shape index (κ3) is 4.19. The van der Waals surface area contributed by atoms with Crippen LogP contribution in [0.3, 0.4) is 0 Å². The standard InChI is InChI=1S/C16H30N2O2/c1-4-5-17-15-10-20-9-14(15)16(19)18-13-7-11(2)6-12(3)8-13/h11-15,17H,4-10H2,1-3H3,(H,18,19). The second-order valence-corrected chi connectivity index (χ2v) is 6.83. The Morgan fingerprint density at radius 1 is 1.15 bits per heavy atom. The van der Waals surface area contributed by atoms with Crippen molar-refractivity contribution in [3.8, 4) is 0 Å². The summed E-state index contributed by atoms with van der Waals surface area (Å²) in [7, 11) is 0. The molecule has 1 aliphatic heterocycles. The number of carbonyl (C=O) groups excluding carboxylic acids is 1. The zero-order chi connectivity index (χ0) is 14.5. The third-order valence-electron chi connectivity index (χ3n) is 4.60. The van der Waals surface area contributed by atoms with Crippen molar-refractivity contribution in [1.82, 2.24) is 10.6 Å². The molecule has 0 spiro atoms. The molecular formula is C16H30N2O2. The van der Waals surface area contributed by atoms with Crippen LogP contribution in [0, 0.1) is 17.8 Å². The largest absolute Gasteiger partial charge is 0.379 e. The van der Waals surface area contributed by atoms with Crippen molar-refractivity contribution >= 4 is 5.91 Å². The van der Waals surface area contributed by atoms with Gasteiger partial charge in [-0.05, 0) is 44.1 Å². The summed E-state index contributed by atoms with van der Waals surface area (Å²) in [6.07, 6.45) is 4.62. The summed E-state index contributed by atoms with van der Waals surface area (Å²) in [5.41, 5.74) is 0. The zero-order valence-corrected chi connectivity index (χ0v) is 13.2. The highest BCUT2D eigenvalue weighted by molar-refractivity contribution is 5.80. The first-order valence-electron chi connectivity index (χ1n) is 8.21. The van der Waals surface area contributed by atoms with Gasteiger partial charge in [0, 0.05) is 12.1 Å². The molecule has 4 heteroatoms. The van der Waals surface area contributed by atoms with Gasteiger partial charge in [0.25, 0.3) is 0 Å². The summed E-state index contributed by atoms with van der Waals surface area (Å²) in [5, 5.41) is 6.70. The van der Waals surface area contributed by atoms with E-state index < -0.39 is 0 Å². The minimum Gasteiger partial charge on any atom is -0.379 e. The van der Waals surface area contributed by atoms with Crippen molar-refractivity contribution in [2.45, 2.75) is 58.5 Å². The Bertz CT molecular complexity index is 312. The number of amides is 1. The molecule has 1 aliphatic carbocycles. The summed E-state index contributed by atoms with van der Waals surface area (Å²) in [5.74, 6) is 1.60. The van der Waals surface area contributed by atoms with Crippen LogP contribution in [0.15, 0.2) is 0 Å². The molecule has 1 amide bonds. The second-order valence-electron chi connectivity index (χ2n) is 6.83. The third-order valence-corrected chi connectivity index (χ3v) is 4.60. The molecule has 116 valence electrons. The van der Waals surface area contributed by atoms with E-state index in [0.29, 0.717) is 19.3 Å². The minimum absolute atomic E-state index is 0.0194. The van der Waals surface area contributed by atoms with E-state index in [1.165, 1.54) is 6.42 Å². The molecule has 1 saturated carbocycles. The van der Waals surface area contributed by atoms with E-state index in [4.69, 9.17) is 4.74 Å². The quantitative estimate of drug-likeness (QED) is 0.810. The number of hydrogen-bond donors (Lipinski definition) is 2. The van der Waals surface area contributed by atoms with Gasteiger partial charge in [-0.1, -0.05) is 20.8 Å². The lowest BCUT2D eigenvalue weighted by molar-refractivity contribution is -0.126. The molecule has 0 radical (unpaired) electrons. The maximum atomic E-state index is 12.5. The first-order valence-corrected chi connectivity index (χ1v) is 8.21. The Balaban J connectivity index is 1.84. The van der Waals surface area contributed by atoms with Gasteiger partial charge in [-0.2, -0.15) is 0 Å². The first-order chi connectivity index (χ1) is 9.60. The van der Waals surface area contributed by atoms with Crippen LogP contribution in [0.4, 0.5) is 0 Å². The molecule has 0 aromatic carbocycles. The topological polar surface area (TPSA) is 50.4 Å². The summed E-state index contributed by atoms with van der Waals surface area (Å²) >= 11 is 0. The monoisotopic (exact) mass is 282 g/mol. The van der Waals surface area contributed by atoms with Crippen LogP contribution in [-0.4, -0.2) is 37.7 Å². The molecule has 2 fully saturated rings. The summed E-state index contributed by atoms with van der Waals surface area (Å²) in [4.78, 5) is 12.5. The Morgan fingerprint density at radius 2 is 1.85 bits per heavy atom. The number of nitrogens with one attached hydrogen (secondary N) is 2. The van der Waals surface area contributed by atoms with Gasteiger partial charge >= 0.3 is 0 Å². The van der Waals surface area contributed by atoms with Gasteiger partial charge in [0.05, 0.1) is 19.1 Å². The van der Waals surface area contributed by atoms with Gasteiger partial charge in [0.2, 0.25) is 5.91 Å². The van der Waals surface area contributed by atoms with E-state index in [2.05, 4.69) is 31.4 Å². The molecule has 4 atom stereocenters. The van der Waals surface area contributed by atoms with Gasteiger partial charge in [-0.25, -0.2) is 0 Å². The van der Waals surface area contributed by atoms with E-state index in [9.17, 15) is 4.79 Å². The molecule has 0 aromatic rings. The zero-order valence-electron chi connectivity index (χ0n) is 13.2. The van der Waals surface area contributed by atoms with Crippen LogP contribution in [0.2, 0.25) is 0 Å². The van der Waals surface area contributed by atoms with Gasteiger partial charge in [0.1, 0.15) is 0 Å². The maximum absolute atomic E-state index is 12.5. The van der Waals surface area contributed by atoms with E-state index >= 15 is 0 Å². The fraction of sp³-hybridized carbons (Fsp3) is 0.938. The fourth-order valence-corrected chi connectivity index (χ4v) is 3.72. The van der Waals surface area contributed by atoms with Crippen molar-refractivity contribution in [1.29, 1.82) is 0 Å². The van der Waals surface area contributed by atoms with Crippen molar-refractivity contribution in [2.75, 3.05) is 19.8 Å². The maximum Gasteiger partial charge on any atom is 0.227 e. The molecule has 4 unspecified atom stereocenters. The van der Waals surface area contributed by atoms with Gasteiger partial charge in [0.15, 0.2) is 0 Å². The van der Waals surface area contributed by atoms with E-state index in [-0.39, 0.29) is 17.9 Å². The Morgan fingerprint density at radius 3 is 2.50 bits per heavy atom. The minimum atomic E-state index is -0.0194. The summed E-state index contributed by atoms with van der Waals surface area (Å²) in [6, 6.07) is 0.544. The average molecular weight is 282 g/mol. The summed E-state index contributed by atoms with van der Waals surface area (Å²) in [6.45, 7) is 8.90. The number of carbonyl (C=O) groups is 1. The lowest BCUT2D eigenvalue weighted by Gasteiger charge is -2.33. The fourth-order valence-electron chi connectivity index (χ4n) is 3.72. The number of ether oxygens (including phenoxy) is 1. The molecule has 2 N–H and O–H groups in total. The molecule has 4 nitrogen and oxygen atoms in total. The van der Waals surface area contributed by atoms with Crippen LogP contribution in [0.25, 0.3) is 0 Å². The Hall–Kier alpha value is -0.610.